The van der Waals surface area contributed by atoms with E-state index in [2.05, 4.69) is 34.2 Å². The first-order valence-corrected chi connectivity index (χ1v) is 6.44. The van der Waals surface area contributed by atoms with Crippen LogP contribution < -0.4 is 4.74 Å². The second-order valence-corrected chi connectivity index (χ2v) is 4.59. The van der Waals surface area contributed by atoms with Gasteiger partial charge in [-0.15, -0.1) is 0 Å². The zero-order chi connectivity index (χ0) is 13.1. The van der Waals surface area contributed by atoms with Crippen LogP contribution in [0.25, 0.3) is 11.0 Å². The topological polar surface area (TPSA) is 37.9 Å². The molecule has 3 rings (SSSR count). The van der Waals surface area contributed by atoms with Gasteiger partial charge in [-0.25, -0.2) is 4.98 Å². The first-order chi connectivity index (χ1) is 9.31. The van der Waals surface area contributed by atoms with Crippen molar-refractivity contribution in [3.05, 3.63) is 59.9 Å². The highest BCUT2D eigenvalue weighted by molar-refractivity contribution is 5.76. The Kier molecular flexibility index (Phi) is 3.19. The number of aromatic amines is 1. The first kappa shape index (κ1) is 11.8. The van der Waals surface area contributed by atoms with Crippen LogP contribution in [0.3, 0.4) is 0 Å². The molecule has 0 unspecified atom stereocenters. The van der Waals surface area contributed by atoms with Crippen LogP contribution in [0, 0.1) is 6.92 Å². The predicted molar refractivity (Wildman–Crippen MR) is 76.5 cm³/mol. The van der Waals surface area contributed by atoms with Crippen molar-refractivity contribution in [2.24, 2.45) is 0 Å². The third-order valence-corrected chi connectivity index (χ3v) is 3.07. The summed E-state index contributed by atoms with van der Waals surface area (Å²) in [6, 6.07) is 16.3. The second-order valence-electron chi connectivity index (χ2n) is 4.59. The molecule has 19 heavy (non-hydrogen) atoms. The molecule has 0 fully saturated rings. The summed E-state index contributed by atoms with van der Waals surface area (Å²) in [4.78, 5) is 7.59. The van der Waals surface area contributed by atoms with E-state index in [9.17, 15) is 0 Å². The Morgan fingerprint density at radius 2 is 1.95 bits per heavy atom. The third kappa shape index (κ3) is 2.76. The number of aryl methyl sites for hydroxylation is 1. The maximum Gasteiger partial charge on any atom is 0.121 e. The normalized spacial score (nSPS) is 10.8. The van der Waals surface area contributed by atoms with Crippen molar-refractivity contribution in [2.45, 2.75) is 13.3 Å². The molecule has 1 aromatic heterocycles. The molecule has 0 saturated carbocycles. The minimum absolute atomic E-state index is 0.683. The van der Waals surface area contributed by atoms with Gasteiger partial charge in [0.15, 0.2) is 0 Å². The van der Waals surface area contributed by atoms with Crippen molar-refractivity contribution >= 4 is 11.0 Å². The van der Waals surface area contributed by atoms with Crippen LogP contribution in [0.2, 0.25) is 0 Å². The van der Waals surface area contributed by atoms with Crippen molar-refractivity contribution in [3.63, 3.8) is 0 Å². The second kappa shape index (κ2) is 5.14. The van der Waals surface area contributed by atoms with Crippen molar-refractivity contribution in [3.8, 4) is 5.75 Å². The number of fused-ring (bicyclic) bond motifs is 1. The van der Waals surface area contributed by atoms with Crippen molar-refractivity contribution in [2.75, 3.05) is 6.61 Å². The van der Waals surface area contributed by atoms with E-state index in [1.165, 1.54) is 5.56 Å². The molecule has 0 bridgehead atoms. The maximum atomic E-state index is 5.78. The highest BCUT2D eigenvalue weighted by atomic mass is 16.5. The van der Waals surface area contributed by atoms with E-state index in [0.29, 0.717) is 6.61 Å². The number of hydrogen-bond acceptors (Lipinski definition) is 2. The standard InChI is InChI=1S/C16H16N2O/c1-12-17-15-8-7-14(11-16(15)18-12)19-10-9-13-5-3-2-4-6-13/h2-8,11H,9-10H2,1H3,(H,17,18). The lowest BCUT2D eigenvalue weighted by Crippen LogP contribution is -2.00. The SMILES string of the molecule is Cc1nc2ccc(OCCc3ccccc3)cc2[nH]1. The summed E-state index contributed by atoms with van der Waals surface area (Å²) < 4.78 is 5.78. The Hall–Kier alpha value is -2.29. The molecule has 0 spiro atoms. The Labute approximate surface area is 112 Å². The quantitative estimate of drug-likeness (QED) is 0.771. The highest BCUT2D eigenvalue weighted by Gasteiger charge is 2.01. The molecule has 2 aromatic carbocycles. The zero-order valence-electron chi connectivity index (χ0n) is 10.9. The van der Waals surface area contributed by atoms with Crippen LogP contribution in [0.1, 0.15) is 11.4 Å². The minimum Gasteiger partial charge on any atom is -0.493 e. The fourth-order valence-corrected chi connectivity index (χ4v) is 2.14. The number of nitrogens with zero attached hydrogens (tertiary/aromatic N) is 1. The molecule has 0 radical (unpaired) electrons. The molecule has 0 amide bonds. The monoisotopic (exact) mass is 252 g/mol. The largest absolute Gasteiger partial charge is 0.493 e. The van der Waals surface area contributed by atoms with Crippen LogP contribution >= 0.6 is 0 Å². The zero-order valence-corrected chi connectivity index (χ0v) is 10.9. The van der Waals surface area contributed by atoms with Crippen LogP contribution in [-0.2, 0) is 6.42 Å². The van der Waals surface area contributed by atoms with Gasteiger partial charge in [0.05, 0.1) is 17.6 Å². The van der Waals surface area contributed by atoms with E-state index >= 15 is 0 Å². The maximum absolute atomic E-state index is 5.78. The average Bonchev–Trinajstić information content (AvgIpc) is 2.79. The molecule has 0 aliphatic carbocycles. The fraction of sp³-hybridized carbons (Fsp3) is 0.188. The average molecular weight is 252 g/mol. The lowest BCUT2D eigenvalue weighted by molar-refractivity contribution is 0.322. The summed E-state index contributed by atoms with van der Waals surface area (Å²) >= 11 is 0. The molecule has 0 aliphatic rings. The molecule has 3 nitrogen and oxygen atoms in total. The number of benzene rings is 2. The number of aromatic nitrogens is 2. The van der Waals surface area contributed by atoms with Gasteiger partial charge in [0, 0.05) is 12.5 Å². The van der Waals surface area contributed by atoms with Crippen LogP contribution in [0.4, 0.5) is 0 Å². The van der Waals surface area contributed by atoms with Crippen LogP contribution in [0.15, 0.2) is 48.5 Å². The number of imidazole rings is 1. The van der Waals surface area contributed by atoms with Gasteiger partial charge in [-0.05, 0) is 24.6 Å². The minimum atomic E-state index is 0.683. The Morgan fingerprint density at radius 1 is 1.11 bits per heavy atom. The Balaban J connectivity index is 1.65. The summed E-state index contributed by atoms with van der Waals surface area (Å²) in [5, 5.41) is 0. The van der Waals surface area contributed by atoms with Gasteiger partial charge in [-0.3, -0.25) is 0 Å². The van der Waals surface area contributed by atoms with Crippen LogP contribution in [0.5, 0.6) is 5.75 Å². The molecule has 0 aliphatic heterocycles. The molecule has 1 N–H and O–H groups in total. The summed E-state index contributed by atoms with van der Waals surface area (Å²) in [6.45, 7) is 2.64. The van der Waals surface area contributed by atoms with E-state index in [1.807, 2.05) is 31.2 Å². The molecule has 0 atom stereocenters. The van der Waals surface area contributed by atoms with E-state index in [1.54, 1.807) is 0 Å². The summed E-state index contributed by atoms with van der Waals surface area (Å²) in [6.07, 6.45) is 0.918. The Morgan fingerprint density at radius 3 is 2.79 bits per heavy atom. The predicted octanol–water partition coefficient (Wildman–Crippen LogP) is 3.49. The van der Waals surface area contributed by atoms with Gasteiger partial charge >= 0.3 is 0 Å². The molecule has 0 saturated heterocycles. The van der Waals surface area contributed by atoms with Gasteiger partial charge in [-0.2, -0.15) is 0 Å². The van der Waals surface area contributed by atoms with Gasteiger partial charge in [0.2, 0.25) is 0 Å². The summed E-state index contributed by atoms with van der Waals surface area (Å²) in [7, 11) is 0. The summed E-state index contributed by atoms with van der Waals surface area (Å²) in [5.74, 6) is 1.81. The molecule has 3 aromatic rings. The molecular formula is C16H16N2O. The smallest absolute Gasteiger partial charge is 0.121 e. The van der Waals surface area contributed by atoms with Crippen LogP contribution in [-0.4, -0.2) is 16.6 Å². The van der Waals surface area contributed by atoms with E-state index in [-0.39, 0.29) is 0 Å². The van der Waals surface area contributed by atoms with Crippen molar-refractivity contribution in [1.29, 1.82) is 0 Å². The molecule has 1 heterocycles. The first-order valence-electron chi connectivity index (χ1n) is 6.44. The number of ether oxygens (including phenoxy) is 1. The summed E-state index contributed by atoms with van der Waals surface area (Å²) in [5.41, 5.74) is 3.29. The lowest BCUT2D eigenvalue weighted by Gasteiger charge is -2.06. The number of H-pyrrole nitrogens is 1. The molecular weight excluding hydrogens is 236 g/mol. The van der Waals surface area contributed by atoms with Gasteiger partial charge in [0.25, 0.3) is 0 Å². The van der Waals surface area contributed by atoms with Crippen molar-refractivity contribution < 1.29 is 4.74 Å². The number of hydrogen-bond donors (Lipinski definition) is 1. The Bertz CT molecular complexity index is 674. The highest BCUT2D eigenvalue weighted by Crippen LogP contribution is 2.19. The number of nitrogens with one attached hydrogen (secondary N) is 1. The number of rotatable bonds is 4. The molecule has 3 heteroatoms. The van der Waals surface area contributed by atoms with Crippen molar-refractivity contribution in [1.82, 2.24) is 9.97 Å². The van der Waals surface area contributed by atoms with Gasteiger partial charge in [-0.1, -0.05) is 30.3 Å². The third-order valence-electron chi connectivity index (χ3n) is 3.07. The molecule has 96 valence electrons. The van der Waals surface area contributed by atoms with Gasteiger partial charge in [0.1, 0.15) is 11.6 Å². The van der Waals surface area contributed by atoms with Gasteiger partial charge < -0.3 is 9.72 Å². The van der Waals surface area contributed by atoms with E-state index in [4.69, 9.17) is 4.74 Å². The lowest BCUT2D eigenvalue weighted by atomic mass is 10.2. The fourth-order valence-electron chi connectivity index (χ4n) is 2.14. The van der Waals surface area contributed by atoms with E-state index in [0.717, 1.165) is 29.0 Å². The van der Waals surface area contributed by atoms with E-state index < -0.39 is 0 Å².